The van der Waals surface area contributed by atoms with Crippen LogP contribution in [-0.2, 0) is 16.0 Å². The lowest BCUT2D eigenvalue weighted by Crippen LogP contribution is -2.49. The lowest BCUT2D eigenvalue weighted by atomic mass is 10.1. The van der Waals surface area contributed by atoms with E-state index < -0.39 is 17.1 Å². The summed E-state index contributed by atoms with van der Waals surface area (Å²) in [5.41, 5.74) is 2.26. The predicted octanol–water partition coefficient (Wildman–Crippen LogP) is 3.88. The van der Waals surface area contributed by atoms with E-state index in [2.05, 4.69) is 10.2 Å². The number of piperazine rings is 1. The van der Waals surface area contributed by atoms with Crippen LogP contribution in [0.2, 0.25) is 5.02 Å². The topological polar surface area (TPSA) is 89.9 Å². The number of anilines is 1. The average molecular weight is 504 g/mol. The summed E-state index contributed by atoms with van der Waals surface area (Å²) < 4.78 is 0. The number of halogens is 1. The number of amides is 2. The number of aliphatic carboxylic acids is 1. The standard InChI is InChI=1S/C25H30ClN3O4S/c1-2-17-34-22(25(32)33)23(30)27-21-9-5-19(6-10-21)24(31)29-15-13-28(14-16-29)12-11-18-3-7-20(26)8-4-18/h3-10,22H,2,11-17H2,1H3,(H,27,30)(H,32,33). The van der Waals surface area contributed by atoms with Crippen LogP contribution in [0.4, 0.5) is 5.69 Å². The van der Waals surface area contributed by atoms with E-state index in [4.69, 9.17) is 11.6 Å². The van der Waals surface area contributed by atoms with Gasteiger partial charge in [-0.05, 0) is 60.6 Å². The lowest BCUT2D eigenvalue weighted by Gasteiger charge is -2.34. The highest BCUT2D eigenvalue weighted by atomic mass is 35.5. The molecule has 0 aliphatic carbocycles. The Labute approximate surface area is 209 Å². The Hall–Kier alpha value is -2.55. The Bertz CT molecular complexity index is 977. The summed E-state index contributed by atoms with van der Waals surface area (Å²) >= 11 is 7.04. The number of carboxylic acids is 1. The molecule has 2 aromatic carbocycles. The molecule has 1 heterocycles. The number of benzene rings is 2. The Morgan fingerprint density at radius 1 is 1.03 bits per heavy atom. The molecule has 0 saturated carbocycles. The first-order valence-electron chi connectivity index (χ1n) is 11.4. The minimum atomic E-state index is -1.16. The van der Waals surface area contributed by atoms with Crippen LogP contribution in [0.5, 0.6) is 0 Å². The van der Waals surface area contributed by atoms with Crippen molar-refractivity contribution in [3.05, 3.63) is 64.7 Å². The van der Waals surface area contributed by atoms with E-state index >= 15 is 0 Å². The van der Waals surface area contributed by atoms with Crippen LogP contribution >= 0.6 is 23.4 Å². The third kappa shape index (κ3) is 7.48. The fourth-order valence-corrected chi connectivity index (χ4v) is 4.64. The quantitative estimate of drug-likeness (QED) is 0.478. The number of carboxylic acid groups (broad SMARTS) is 1. The van der Waals surface area contributed by atoms with Crippen molar-refractivity contribution in [3.8, 4) is 0 Å². The summed E-state index contributed by atoms with van der Waals surface area (Å²) in [5.74, 6) is -1.18. The van der Waals surface area contributed by atoms with E-state index in [-0.39, 0.29) is 5.91 Å². The number of hydrogen-bond donors (Lipinski definition) is 2. The summed E-state index contributed by atoms with van der Waals surface area (Å²) in [4.78, 5) is 40.8. The van der Waals surface area contributed by atoms with Crippen molar-refractivity contribution in [3.63, 3.8) is 0 Å². The van der Waals surface area contributed by atoms with Crippen LogP contribution in [0.25, 0.3) is 0 Å². The molecule has 34 heavy (non-hydrogen) atoms. The molecule has 1 unspecified atom stereocenters. The second-order valence-corrected chi connectivity index (χ2v) is 9.82. The molecule has 1 fully saturated rings. The molecule has 1 saturated heterocycles. The van der Waals surface area contributed by atoms with Gasteiger partial charge in [-0.25, -0.2) is 0 Å². The summed E-state index contributed by atoms with van der Waals surface area (Å²) in [5, 5.41) is 11.5. The van der Waals surface area contributed by atoms with Gasteiger partial charge in [-0.2, -0.15) is 0 Å². The van der Waals surface area contributed by atoms with Crippen LogP contribution in [0.3, 0.4) is 0 Å². The molecule has 2 aromatic rings. The van der Waals surface area contributed by atoms with E-state index in [1.807, 2.05) is 36.1 Å². The van der Waals surface area contributed by atoms with E-state index in [1.54, 1.807) is 24.3 Å². The number of nitrogens with one attached hydrogen (secondary N) is 1. The van der Waals surface area contributed by atoms with Crippen LogP contribution in [0.15, 0.2) is 48.5 Å². The van der Waals surface area contributed by atoms with E-state index in [0.29, 0.717) is 30.1 Å². The van der Waals surface area contributed by atoms with Gasteiger partial charge in [0, 0.05) is 49.0 Å². The molecule has 1 aliphatic heterocycles. The van der Waals surface area contributed by atoms with E-state index in [0.717, 1.165) is 49.3 Å². The molecule has 1 atom stereocenters. The van der Waals surface area contributed by atoms with Crippen molar-refractivity contribution < 1.29 is 19.5 Å². The van der Waals surface area contributed by atoms with Gasteiger partial charge in [0.15, 0.2) is 5.25 Å². The largest absolute Gasteiger partial charge is 0.480 e. The number of carbonyl (C=O) groups is 3. The molecule has 182 valence electrons. The van der Waals surface area contributed by atoms with Crippen molar-refractivity contribution in [2.24, 2.45) is 0 Å². The van der Waals surface area contributed by atoms with Crippen LogP contribution < -0.4 is 5.32 Å². The minimum absolute atomic E-state index is 0.0443. The molecule has 0 radical (unpaired) electrons. The molecule has 0 bridgehead atoms. The molecule has 2 amide bonds. The molecule has 1 aliphatic rings. The molecular weight excluding hydrogens is 474 g/mol. The first kappa shape index (κ1) is 26.1. The maximum Gasteiger partial charge on any atom is 0.326 e. The molecule has 0 aromatic heterocycles. The third-order valence-corrected chi connectivity index (χ3v) is 7.28. The van der Waals surface area contributed by atoms with Gasteiger partial charge < -0.3 is 15.3 Å². The van der Waals surface area contributed by atoms with Crippen molar-refractivity contribution in [2.45, 2.75) is 25.0 Å². The Morgan fingerprint density at radius 3 is 2.26 bits per heavy atom. The first-order chi connectivity index (χ1) is 16.4. The highest BCUT2D eigenvalue weighted by Gasteiger charge is 2.27. The van der Waals surface area contributed by atoms with Crippen LogP contribution in [-0.4, -0.2) is 76.4 Å². The van der Waals surface area contributed by atoms with Gasteiger partial charge in [0.1, 0.15) is 0 Å². The molecule has 7 nitrogen and oxygen atoms in total. The summed E-state index contributed by atoms with van der Waals surface area (Å²) in [6, 6.07) is 14.5. The van der Waals surface area contributed by atoms with Crippen molar-refractivity contribution in [1.82, 2.24) is 9.80 Å². The first-order valence-corrected chi connectivity index (χ1v) is 12.8. The van der Waals surface area contributed by atoms with E-state index in [9.17, 15) is 19.5 Å². The van der Waals surface area contributed by atoms with Gasteiger partial charge >= 0.3 is 5.97 Å². The van der Waals surface area contributed by atoms with Crippen LogP contribution in [0, 0.1) is 0 Å². The zero-order valence-corrected chi connectivity index (χ0v) is 20.8. The average Bonchev–Trinajstić information content (AvgIpc) is 2.84. The monoisotopic (exact) mass is 503 g/mol. The normalized spacial score (nSPS) is 15.1. The third-order valence-electron chi connectivity index (χ3n) is 5.64. The molecular formula is C25H30ClN3O4S. The highest BCUT2D eigenvalue weighted by Crippen LogP contribution is 2.18. The number of nitrogens with zero attached hydrogens (tertiary/aromatic N) is 2. The Balaban J connectivity index is 1.47. The number of carbonyl (C=O) groups excluding carboxylic acids is 2. The zero-order chi connectivity index (χ0) is 24.5. The van der Waals surface area contributed by atoms with Gasteiger partial charge in [-0.1, -0.05) is 30.7 Å². The Morgan fingerprint density at radius 2 is 1.68 bits per heavy atom. The van der Waals surface area contributed by atoms with Gasteiger partial charge in [0.05, 0.1) is 0 Å². The maximum absolute atomic E-state index is 12.9. The summed E-state index contributed by atoms with van der Waals surface area (Å²) in [7, 11) is 0. The number of hydrogen-bond acceptors (Lipinski definition) is 5. The fourth-order valence-electron chi connectivity index (χ4n) is 3.69. The molecule has 3 rings (SSSR count). The van der Waals surface area contributed by atoms with Gasteiger partial charge in [-0.3, -0.25) is 19.3 Å². The number of thioether (sulfide) groups is 1. The minimum Gasteiger partial charge on any atom is -0.480 e. The number of rotatable bonds is 10. The van der Waals surface area contributed by atoms with Crippen LogP contribution in [0.1, 0.15) is 29.3 Å². The van der Waals surface area contributed by atoms with Crippen molar-refractivity contribution >= 4 is 46.8 Å². The molecule has 2 N–H and O–H groups in total. The molecule has 0 spiro atoms. The second kappa shape index (κ2) is 12.8. The maximum atomic E-state index is 12.9. The summed E-state index contributed by atoms with van der Waals surface area (Å²) in [6.45, 7) is 5.82. The van der Waals surface area contributed by atoms with E-state index in [1.165, 1.54) is 5.56 Å². The van der Waals surface area contributed by atoms with Crippen molar-refractivity contribution in [1.29, 1.82) is 0 Å². The smallest absolute Gasteiger partial charge is 0.326 e. The van der Waals surface area contributed by atoms with Gasteiger partial charge in [0.2, 0.25) is 5.91 Å². The predicted molar refractivity (Wildman–Crippen MR) is 137 cm³/mol. The fraction of sp³-hybridized carbons (Fsp3) is 0.400. The highest BCUT2D eigenvalue weighted by molar-refractivity contribution is 8.01. The van der Waals surface area contributed by atoms with Gasteiger partial charge in [-0.15, -0.1) is 11.8 Å². The second-order valence-electron chi connectivity index (χ2n) is 8.17. The zero-order valence-electron chi connectivity index (χ0n) is 19.2. The Kier molecular flexibility index (Phi) is 9.80. The lowest BCUT2D eigenvalue weighted by molar-refractivity contribution is -0.138. The SMILES string of the molecule is CCCSC(C(=O)O)C(=O)Nc1ccc(C(=O)N2CCN(CCc3ccc(Cl)cc3)CC2)cc1. The van der Waals surface area contributed by atoms with Gasteiger partial charge in [0.25, 0.3) is 5.91 Å². The summed E-state index contributed by atoms with van der Waals surface area (Å²) in [6.07, 6.45) is 1.73. The molecule has 9 heteroatoms. The van der Waals surface area contributed by atoms with Crippen molar-refractivity contribution in [2.75, 3.05) is 43.8 Å².